The smallest absolute Gasteiger partial charge is 0.310 e. The van der Waals surface area contributed by atoms with Gasteiger partial charge in [-0.15, -0.1) is 0 Å². The van der Waals surface area contributed by atoms with Gasteiger partial charge in [-0.2, -0.15) is 0 Å². The molecule has 0 radical (unpaired) electrons. The van der Waals surface area contributed by atoms with Gasteiger partial charge in [0, 0.05) is 13.1 Å². The number of ether oxygens (including phenoxy) is 1. The van der Waals surface area contributed by atoms with Crippen molar-refractivity contribution < 1.29 is 17.9 Å². The third-order valence-electron chi connectivity index (χ3n) is 3.80. The van der Waals surface area contributed by atoms with E-state index in [0.29, 0.717) is 12.8 Å². The molecule has 6 heteroatoms. The van der Waals surface area contributed by atoms with E-state index in [0.717, 1.165) is 19.3 Å². The van der Waals surface area contributed by atoms with Crippen LogP contribution in [0, 0.1) is 5.92 Å². The highest BCUT2D eigenvalue weighted by Gasteiger charge is 2.46. The van der Waals surface area contributed by atoms with Crippen molar-refractivity contribution in [1.82, 2.24) is 4.31 Å². The van der Waals surface area contributed by atoms with Gasteiger partial charge in [0.1, 0.15) is 0 Å². The third-order valence-corrected chi connectivity index (χ3v) is 6.23. The molecule has 0 aliphatic heterocycles. The Morgan fingerprint density at radius 3 is 2.41 bits per heavy atom. The first-order valence-electron chi connectivity index (χ1n) is 6.03. The van der Waals surface area contributed by atoms with Crippen LogP contribution in [-0.4, -0.2) is 44.1 Å². The molecule has 5 nitrogen and oxygen atoms in total. The molecule has 2 aliphatic carbocycles. The summed E-state index contributed by atoms with van der Waals surface area (Å²) < 4.78 is 30.9. The monoisotopic (exact) mass is 261 g/mol. The van der Waals surface area contributed by atoms with E-state index in [1.165, 1.54) is 11.4 Å². The topological polar surface area (TPSA) is 63.7 Å². The van der Waals surface area contributed by atoms with E-state index in [1.54, 1.807) is 7.05 Å². The summed E-state index contributed by atoms with van der Waals surface area (Å²) in [5.41, 5.74) is 0. The van der Waals surface area contributed by atoms with Crippen LogP contribution in [0.25, 0.3) is 0 Å². The number of rotatable bonds is 4. The molecule has 0 aromatic carbocycles. The van der Waals surface area contributed by atoms with Crippen molar-refractivity contribution in [3.63, 3.8) is 0 Å². The molecule has 0 saturated heterocycles. The highest BCUT2D eigenvalue weighted by atomic mass is 32.2. The maximum absolute atomic E-state index is 12.4. The van der Waals surface area contributed by atoms with E-state index in [1.807, 2.05) is 0 Å². The van der Waals surface area contributed by atoms with Crippen molar-refractivity contribution in [2.75, 3.05) is 14.2 Å². The number of hydrogen-bond donors (Lipinski definition) is 0. The Bertz CT molecular complexity index is 402. The summed E-state index contributed by atoms with van der Waals surface area (Å²) in [6.45, 7) is 0. The molecule has 0 aromatic heterocycles. The van der Waals surface area contributed by atoms with E-state index in [9.17, 15) is 13.2 Å². The van der Waals surface area contributed by atoms with Gasteiger partial charge in [-0.05, 0) is 25.7 Å². The zero-order valence-electron chi connectivity index (χ0n) is 10.3. The maximum atomic E-state index is 12.4. The average molecular weight is 261 g/mol. The first-order chi connectivity index (χ1) is 7.98. The van der Waals surface area contributed by atoms with E-state index < -0.39 is 21.2 Å². The summed E-state index contributed by atoms with van der Waals surface area (Å²) >= 11 is 0. The Morgan fingerprint density at radius 2 is 1.88 bits per heavy atom. The molecular weight excluding hydrogens is 242 g/mol. The molecule has 0 amide bonds. The van der Waals surface area contributed by atoms with Gasteiger partial charge in [-0.25, -0.2) is 12.7 Å². The predicted molar refractivity (Wildman–Crippen MR) is 62.8 cm³/mol. The van der Waals surface area contributed by atoms with Crippen LogP contribution in [0.4, 0.5) is 0 Å². The van der Waals surface area contributed by atoms with Gasteiger partial charge in [0.25, 0.3) is 0 Å². The summed E-state index contributed by atoms with van der Waals surface area (Å²) in [5.74, 6) is -0.869. The van der Waals surface area contributed by atoms with Crippen molar-refractivity contribution >= 4 is 16.0 Å². The molecule has 98 valence electrons. The second-order valence-electron chi connectivity index (χ2n) is 4.89. The van der Waals surface area contributed by atoms with E-state index in [2.05, 4.69) is 0 Å². The summed E-state index contributed by atoms with van der Waals surface area (Å²) in [5, 5.41) is -0.583. The van der Waals surface area contributed by atoms with Crippen molar-refractivity contribution in [2.45, 2.75) is 43.4 Å². The lowest BCUT2D eigenvalue weighted by Crippen LogP contribution is -2.41. The van der Waals surface area contributed by atoms with E-state index in [4.69, 9.17) is 4.74 Å². The Hall–Kier alpha value is -0.620. The van der Waals surface area contributed by atoms with Crippen LogP contribution >= 0.6 is 0 Å². The number of nitrogens with zero attached hydrogens (tertiary/aromatic N) is 1. The Balaban J connectivity index is 2.17. The van der Waals surface area contributed by atoms with Crippen LogP contribution in [0.5, 0.6) is 0 Å². The van der Waals surface area contributed by atoms with Gasteiger partial charge in [0.2, 0.25) is 10.0 Å². The van der Waals surface area contributed by atoms with Crippen LogP contribution < -0.4 is 0 Å². The highest BCUT2D eigenvalue weighted by molar-refractivity contribution is 7.89. The van der Waals surface area contributed by atoms with Gasteiger partial charge >= 0.3 is 5.97 Å². The molecular formula is C11H19NO4S. The summed E-state index contributed by atoms with van der Waals surface area (Å²) in [7, 11) is -0.408. The van der Waals surface area contributed by atoms with Crippen LogP contribution in [0.3, 0.4) is 0 Å². The standard InChI is InChI=1S/C11H19NO4S/c1-12(8-6-7-8)17(14,15)10-5-3-4-9(10)11(13)16-2/h8-10H,3-7H2,1-2H3. The highest BCUT2D eigenvalue weighted by Crippen LogP contribution is 2.37. The van der Waals surface area contributed by atoms with Crippen LogP contribution in [-0.2, 0) is 19.6 Å². The summed E-state index contributed by atoms with van der Waals surface area (Å²) in [6, 6.07) is 0.152. The zero-order valence-corrected chi connectivity index (χ0v) is 11.1. The lowest BCUT2D eigenvalue weighted by atomic mass is 10.1. The molecule has 0 bridgehead atoms. The summed E-state index contributed by atoms with van der Waals surface area (Å²) in [6.07, 6.45) is 3.84. The molecule has 2 fully saturated rings. The molecule has 2 unspecified atom stereocenters. The first kappa shape index (κ1) is 12.8. The summed E-state index contributed by atoms with van der Waals surface area (Å²) in [4.78, 5) is 11.6. The zero-order chi connectivity index (χ0) is 12.6. The lowest BCUT2D eigenvalue weighted by Gasteiger charge is -2.24. The SMILES string of the molecule is COC(=O)C1CCCC1S(=O)(=O)N(C)C1CC1. The minimum absolute atomic E-state index is 0.152. The molecule has 0 aromatic rings. The van der Waals surface area contributed by atoms with Gasteiger partial charge in [-0.3, -0.25) is 4.79 Å². The van der Waals surface area contributed by atoms with Crippen molar-refractivity contribution in [3.8, 4) is 0 Å². The number of hydrogen-bond acceptors (Lipinski definition) is 4. The number of sulfonamides is 1. The maximum Gasteiger partial charge on any atom is 0.310 e. The Labute approximate surface area is 102 Å². The average Bonchev–Trinajstić information content (AvgIpc) is 3.03. The quantitative estimate of drug-likeness (QED) is 0.701. The minimum atomic E-state index is -3.35. The number of carbonyl (C=O) groups is 1. The van der Waals surface area contributed by atoms with E-state index in [-0.39, 0.29) is 12.0 Å². The van der Waals surface area contributed by atoms with Gasteiger partial charge in [0.15, 0.2) is 0 Å². The van der Waals surface area contributed by atoms with Gasteiger partial charge in [-0.1, -0.05) is 6.42 Å². The Kier molecular flexibility index (Phi) is 3.45. The molecule has 2 atom stereocenters. The largest absolute Gasteiger partial charge is 0.469 e. The fourth-order valence-electron chi connectivity index (χ4n) is 2.56. The molecule has 17 heavy (non-hydrogen) atoms. The van der Waals surface area contributed by atoms with Crippen molar-refractivity contribution in [1.29, 1.82) is 0 Å². The molecule has 2 rings (SSSR count). The number of esters is 1. The first-order valence-corrected chi connectivity index (χ1v) is 7.53. The lowest BCUT2D eigenvalue weighted by molar-refractivity contribution is -0.145. The second-order valence-corrected chi connectivity index (χ2v) is 7.10. The molecule has 2 aliphatic rings. The molecule has 0 N–H and O–H groups in total. The van der Waals surface area contributed by atoms with Gasteiger partial charge in [0.05, 0.1) is 18.3 Å². The van der Waals surface area contributed by atoms with Crippen molar-refractivity contribution in [2.24, 2.45) is 5.92 Å². The molecule has 2 saturated carbocycles. The fourth-order valence-corrected chi connectivity index (χ4v) is 4.74. The predicted octanol–water partition coefficient (Wildman–Crippen LogP) is 0.752. The van der Waals surface area contributed by atoms with Gasteiger partial charge < -0.3 is 4.74 Å². The van der Waals surface area contributed by atoms with Crippen molar-refractivity contribution in [3.05, 3.63) is 0 Å². The fraction of sp³-hybridized carbons (Fsp3) is 0.909. The number of carbonyl (C=O) groups excluding carboxylic acids is 1. The third kappa shape index (κ3) is 2.33. The number of methoxy groups -OCH3 is 1. The molecule has 0 heterocycles. The molecule has 0 spiro atoms. The minimum Gasteiger partial charge on any atom is -0.469 e. The van der Waals surface area contributed by atoms with Crippen LogP contribution in [0.2, 0.25) is 0 Å². The Morgan fingerprint density at radius 1 is 1.24 bits per heavy atom. The van der Waals surface area contributed by atoms with Crippen LogP contribution in [0.1, 0.15) is 32.1 Å². The normalized spacial score (nSPS) is 29.6. The second kappa shape index (κ2) is 4.57. The van der Waals surface area contributed by atoms with E-state index >= 15 is 0 Å². The van der Waals surface area contributed by atoms with Crippen LogP contribution in [0.15, 0.2) is 0 Å².